The zero-order valence-corrected chi connectivity index (χ0v) is 12.2. The largest absolute Gasteiger partial charge is 0.390 e. The first-order valence-electron chi connectivity index (χ1n) is 6.93. The van der Waals surface area contributed by atoms with E-state index in [1.54, 1.807) is 17.5 Å². The number of fused-ring (bicyclic) bond motifs is 2. The molecule has 0 saturated carbocycles. The second kappa shape index (κ2) is 4.31. The number of hydrogen-bond acceptors (Lipinski definition) is 4. The number of anilines is 1. The number of aryl methyl sites for hydroxylation is 2. The molecule has 5 heteroatoms. The van der Waals surface area contributed by atoms with Crippen molar-refractivity contribution in [3.63, 3.8) is 0 Å². The summed E-state index contributed by atoms with van der Waals surface area (Å²) in [4.78, 5) is 10.5. The number of aromatic nitrogens is 3. The van der Waals surface area contributed by atoms with E-state index in [4.69, 9.17) is 10.7 Å². The SMILES string of the molecule is Cn1c(-c2c(N)sc3c2CCCC3)nc2ncccc21. The topological polar surface area (TPSA) is 56.7 Å². The third-order valence-electron chi connectivity index (χ3n) is 4.08. The van der Waals surface area contributed by atoms with Gasteiger partial charge in [0.2, 0.25) is 0 Å². The molecule has 0 bridgehead atoms. The Bertz CT molecular complexity index is 800. The third kappa shape index (κ3) is 1.59. The summed E-state index contributed by atoms with van der Waals surface area (Å²) in [5, 5.41) is 0.898. The van der Waals surface area contributed by atoms with Crippen molar-refractivity contribution in [1.82, 2.24) is 14.5 Å². The monoisotopic (exact) mass is 284 g/mol. The second-order valence-corrected chi connectivity index (χ2v) is 6.43. The van der Waals surface area contributed by atoms with Crippen LogP contribution in [-0.2, 0) is 19.9 Å². The van der Waals surface area contributed by atoms with E-state index < -0.39 is 0 Å². The van der Waals surface area contributed by atoms with Gasteiger partial charge in [0, 0.05) is 18.1 Å². The van der Waals surface area contributed by atoms with Crippen LogP contribution in [0.2, 0.25) is 0 Å². The molecule has 0 atom stereocenters. The maximum atomic E-state index is 6.29. The number of nitrogen functional groups attached to an aromatic ring is 1. The van der Waals surface area contributed by atoms with Crippen molar-refractivity contribution in [2.75, 3.05) is 5.73 Å². The van der Waals surface area contributed by atoms with E-state index >= 15 is 0 Å². The van der Waals surface area contributed by atoms with E-state index in [2.05, 4.69) is 9.55 Å². The van der Waals surface area contributed by atoms with Crippen LogP contribution < -0.4 is 5.73 Å². The average Bonchev–Trinajstić information content (AvgIpc) is 2.96. The van der Waals surface area contributed by atoms with Gasteiger partial charge in [-0.25, -0.2) is 9.97 Å². The Balaban J connectivity index is 2.00. The highest BCUT2D eigenvalue weighted by atomic mass is 32.1. The van der Waals surface area contributed by atoms with Crippen LogP contribution >= 0.6 is 11.3 Å². The number of hydrogen-bond donors (Lipinski definition) is 1. The van der Waals surface area contributed by atoms with Crippen LogP contribution in [0.15, 0.2) is 18.3 Å². The fourth-order valence-corrected chi connectivity index (χ4v) is 4.24. The number of nitrogens with zero attached hydrogens (tertiary/aromatic N) is 3. The average molecular weight is 284 g/mol. The summed E-state index contributed by atoms with van der Waals surface area (Å²) < 4.78 is 2.11. The predicted octanol–water partition coefficient (Wildman–Crippen LogP) is 3.16. The number of imidazole rings is 1. The molecule has 3 aromatic rings. The molecule has 0 unspecified atom stereocenters. The quantitative estimate of drug-likeness (QED) is 0.746. The molecule has 102 valence electrons. The van der Waals surface area contributed by atoms with E-state index in [1.165, 1.54) is 23.3 Å². The van der Waals surface area contributed by atoms with E-state index in [9.17, 15) is 0 Å². The van der Waals surface area contributed by atoms with Gasteiger partial charge in [0.15, 0.2) is 5.65 Å². The summed E-state index contributed by atoms with van der Waals surface area (Å²) in [5.41, 5.74) is 10.7. The van der Waals surface area contributed by atoms with Crippen molar-refractivity contribution >= 4 is 27.5 Å². The minimum absolute atomic E-state index is 0.792. The lowest BCUT2D eigenvalue weighted by atomic mass is 9.95. The lowest BCUT2D eigenvalue weighted by Crippen LogP contribution is -2.02. The van der Waals surface area contributed by atoms with Crippen molar-refractivity contribution < 1.29 is 0 Å². The highest BCUT2D eigenvalue weighted by molar-refractivity contribution is 7.16. The summed E-state index contributed by atoms with van der Waals surface area (Å²) in [6.07, 6.45) is 6.59. The predicted molar refractivity (Wildman–Crippen MR) is 82.9 cm³/mol. The van der Waals surface area contributed by atoms with E-state index in [-0.39, 0.29) is 0 Å². The summed E-state index contributed by atoms with van der Waals surface area (Å²) in [6.45, 7) is 0. The maximum absolute atomic E-state index is 6.29. The smallest absolute Gasteiger partial charge is 0.178 e. The Labute approximate surface area is 121 Å². The molecule has 1 aliphatic rings. The second-order valence-electron chi connectivity index (χ2n) is 5.29. The van der Waals surface area contributed by atoms with Gasteiger partial charge in [-0.2, -0.15) is 0 Å². The molecule has 3 heterocycles. The van der Waals surface area contributed by atoms with Crippen LogP contribution in [0.5, 0.6) is 0 Å². The van der Waals surface area contributed by atoms with Crippen LogP contribution in [0.3, 0.4) is 0 Å². The van der Waals surface area contributed by atoms with Crippen molar-refractivity contribution in [1.29, 1.82) is 0 Å². The third-order valence-corrected chi connectivity index (χ3v) is 5.20. The molecule has 4 nitrogen and oxygen atoms in total. The van der Waals surface area contributed by atoms with Gasteiger partial charge in [-0.1, -0.05) is 0 Å². The molecule has 0 amide bonds. The molecule has 4 rings (SSSR count). The van der Waals surface area contributed by atoms with E-state index in [0.29, 0.717) is 0 Å². The minimum Gasteiger partial charge on any atom is -0.390 e. The molecule has 0 radical (unpaired) electrons. The van der Waals surface area contributed by atoms with Gasteiger partial charge in [-0.05, 0) is 43.4 Å². The zero-order chi connectivity index (χ0) is 13.7. The van der Waals surface area contributed by atoms with E-state index in [0.717, 1.165) is 40.4 Å². The lowest BCUT2D eigenvalue weighted by molar-refractivity contribution is 0.697. The molecule has 0 fully saturated rings. The molecule has 2 N–H and O–H groups in total. The molecule has 1 aliphatic carbocycles. The van der Waals surface area contributed by atoms with Crippen molar-refractivity contribution in [3.05, 3.63) is 28.8 Å². The van der Waals surface area contributed by atoms with Crippen LogP contribution in [0.1, 0.15) is 23.3 Å². The number of rotatable bonds is 1. The van der Waals surface area contributed by atoms with Gasteiger partial charge in [-0.15, -0.1) is 11.3 Å². The van der Waals surface area contributed by atoms with Gasteiger partial charge in [0.25, 0.3) is 0 Å². The molecule has 0 spiro atoms. The summed E-state index contributed by atoms with van der Waals surface area (Å²) in [7, 11) is 2.04. The maximum Gasteiger partial charge on any atom is 0.178 e. The fraction of sp³-hybridized carbons (Fsp3) is 0.333. The van der Waals surface area contributed by atoms with Crippen molar-refractivity contribution in [3.8, 4) is 11.4 Å². The van der Waals surface area contributed by atoms with Crippen LogP contribution in [0.25, 0.3) is 22.6 Å². The van der Waals surface area contributed by atoms with Crippen LogP contribution in [-0.4, -0.2) is 14.5 Å². The van der Waals surface area contributed by atoms with Crippen molar-refractivity contribution in [2.24, 2.45) is 7.05 Å². The summed E-state index contributed by atoms with van der Waals surface area (Å²) >= 11 is 1.73. The Hall–Kier alpha value is -1.88. The molecule has 3 aromatic heterocycles. The molecule has 20 heavy (non-hydrogen) atoms. The Morgan fingerprint density at radius 3 is 3.00 bits per heavy atom. The molecule has 0 saturated heterocycles. The minimum atomic E-state index is 0.792. The first-order chi connectivity index (χ1) is 9.75. The Morgan fingerprint density at radius 2 is 2.15 bits per heavy atom. The highest BCUT2D eigenvalue weighted by Gasteiger charge is 2.23. The van der Waals surface area contributed by atoms with Crippen LogP contribution in [0.4, 0.5) is 5.00 Å². The Kier molecular flexibility index (Phi) is 2.57. The van der Waals surface area contributed by atoms with Crippen LogP contribution in [0, 0.1) is 0 Å². The number of pyridine rings is 1. The molecular weight excluding hydrogens is 268 g/mol. The first kappa shape index (κ1) is 11.9. The fourth-order valence-electron chi connectivity index (χ4n) is 3.08. The first-order valence-corrected chi connectivity index (χ1v) is 7.75. The van der Waals surface area contributed by atoms with Gasteiger partial charge in [-0.3, -0.25) is 0 Å². The van der Waals surface area contributed by atoms with Crippen molar-refractivity contribution in [2.45, 2.75) is 25.7 Å². The normalized spacial score (nSPS) is 14.7. The van der Waals surface area contributed by atoms with Gasteiger partial charge in [0.1, 0.15) is 5.82 Å². The lowest BCUT2D eigenvalue weighted by Gasteiger charge is -2.12. The summed E-state index contributed by atoms with van der Waals surface area (Å²) in [6, 6.07) is 3.99. The van der Waals surface area contributed by atoms with E-state index in [1.807, 2.05) is 19.2 Å². The summed E-state index contributed by atoms with van der Waals surface area (Å²) in [5.74, 6) is 0.954. The van der Waals surface area contributed by atoms with Gasteiger partial charge >= 0.3 is 0 Å². The van der Waals surface area contributed by atoms with Gasteiger partial charge in [0.05, 0.1) is 16.1 Å². The number of thiophene rings is 1. The molecule has 0 aromatic carbocycles. The molecule has 0 aliphatic heterocycles. The molecular formula is C15H16N4S. The zero-order valence-electron chi connectivity index (χ0n) is 11.4. The Morgan fingerprint density at radius 1 is 1.30 bits per heavy atom. The standard InChI is InChI=1S/C15H16N4S/c1-19-10-6-4-8-17-14(10)18-15(19)12-9-5-2-3-7-11(9)20-13(12)16/h4,6,8H,2-3,5,7,16H2,1H3. The van der Waals surface area contributed by atoms with Gasteiger partial charge < -0.3 is 10.3 Å². The highest BCUT2D eigenvalue weighted by Crippen LogP contribution is 2.42. The number of nitrogens with two attached hydrogens (primary N) is 1.